The Balaban J connectivity index is 2.01. The standard InChI is InChI=1S/C17H21FN2O3/c1-17(2,3)15-8-9-16(22)20(19-15)10-13(21)11-23-14-6-4-12(18)5-7-14/h4-9,13,21H,10-11H2,1-3H3. The normalized spacial score (nSPS) is 12.9. The summed E-state index contributed by atoms with van der Waals surface area (Å²) < 4.78 is 19.4. The van der Waals surface area contributed by atoms with Gasteiger partial charge in [-0.1, -0.05) is 20.8 Å². The van der Waals surface area contributed by atoms with Crippen molar-refractivity contribution in [3.63, 3.8) is 0 Å². The van der Waals surface area contributed by atoms with Gasteiger partial charge >= 0.3 is 0 Å². The lowest BCUT2D eigenvalue weighted by molar-refractivity contribution is 0.0875. The van der Waals surface area contributed by atoms with Crippen LogP contribution in [0.2, 0.25) is 0 Å². The molecule has 1 heterocycles. The number of aliphatic hydroxyl groups excluding tert-OH is 1. The van der Waals surface area contributed by atoms with E-state index in [4.69, 9.17) is 4.74 Å². The van der Waals surface area contributed by atoms with Gasteiger partial charge in [0.1, 0.15) is 24.3 Å². The van der Waals surface area contributed by atoms with Gasteiger partial charge in [0.15, 0.2) is 0 Å². The summed E-state index contributed by atoms with van der Waals surface area (Å²) in [5, 5.41) is 14.3. The van der Waals surface area contributed by atoms with Crippen molar-refractivity contribution in [2.24, 2.45) is 0 Å². The summed E-state index contributed by atoms with van der Waals surface area (Å²) in [6.45, 7) is 6.01. The highest BCUT2D eigenvalue weighted by Crippen LogP contribution is 2.18. The van der Waals surface area contributed by atoms with Crippen LogP contribution in [-0.4, -0.2) is 27.6 Å². The SMILES string of the molecule is CC(C)(C)c1ccc(=O)n(CC(O)COc2ccc(F)cc2)n1. The summed E-state index contributed by atoms with van der Waals surface area (Å²) in [6.07, 6.45) is -0.902. The highest BCUT2D eigenvalue weighted by atomic mass is 19.1. The van der Waals surface area contributed by atoms with Gasteiger partial charge in [-0.25, -0.2) is 9.07 Å². The quantitative estimate of drug-likeness (QED) is 0.916. The van der Waals surface area contributed by atoms with E-state index in [-0.39, 0.29) is 29.9 Å². The van der Waals surface area contributed by atoms with Crippen LogP contribution in [0.15, 0.2) is 41.2 Å². The van der Waals surface area contributed by atoms with Crippen molar-refractivity contribution in [1.29, 1.82) is 0 Å². The zero-order valence-electron chi connectivity index (χ0n) is 13.5. The number of rotatable bonds is 5. The molecular formula is C17H21FN2O3. The van der Waals surface area contributed by atoms with E-state index < -0.39 is 6.10 Å². The lowest BCUT2D eigenvalue weighted by atomic mass is 9.92. The predicted molar refractivity (Wildman–Crippen MR) is 85.1 cm³/mol. The van der Waals surface area contributed by atoms with Crippen LogP contribution in [0.3, 0.4) is 0 Å². The molecule has 2 rings (SSSR count). The third-order valence-electron chi connectivity index (χ3n) is 3.27. The van der Waals surface area contributed by atoms with Gasteiger partial charge in [-0.15, -0.1) is 0 Å². The molecule has 0 fully saturated rings. The average molecular weight is 320 g/mol. The number of aliphatic hydroxyl groups is 1. The van der Waals surface area contributed by atoms with Gasteiger partial charge in [-0.3, -0.25) is 4.79 Å². The molecule has 0 saturated heterocycles. The summed E-state index contributed by atoms with van der Waals surface area (Å²) in [5.41, 5.74) is 0.299. The Hall–Kier alpha value is -2.21. The third-order valence-corrected chi connectivity index (χ3v) is 3.27. The van der Waals surface area contributed by atoms with Crippen LogP contribution in [0, 0.1) is 5.82 Å². The maximum Gasteiger partial charge on any atom is 0.266 e. The molecule has 0 spiro atoms. The first kappa shape index (κ1) is 17.1. The van der Waals surface area contributed by atoms with Gasteiger partial charge in [-0.05, 0) is 30.3 Å². The molecule has 2 aromatic rings. The Morgan fingerprint density at radius 2 is 1.87 bits per heavy atom. The van der Waals surface area contributed by atoms with E-state index >= 15 is 0 Å². The highest BCUT2D eigenvalue weighted by molar-refractivity contribution is 5.22. The Morgan fingerprint density at radius 1 is 1.22 bits per heavy atom. The van der Waals surface area contributed by atoms with E-state index in [0.29, 0.717) is 5.75 Å². The molecule has 1 aromatic heterocycles. The minimum absolute atomic E-state index is 0.0144. The first-order valence-electron chi connectivity index (χ1n) is 7.41. The third kappa shape index (κ3) is 4.89. The van der Waals surface area contributed by atoms with Gasteiger partial charge in [0.05, 0.1) is 12.2 Å². The molecule has 5 nitrogen and oxygen atoms in total. The fourth-order valence-corrected chi connectivity index (χ4v) is 1.96. The molecule has 0 aliphatic carbocycles. The maximum atomic E-state index is 12.8. The van der Waals surface area contributed by atoms with E-state index in [1.165, 1.54) is 35.0 Å². The van der Waals surface area contributed by atoms with E-state index in [1.54, 1.807) is 6.07 Å². The molecule has 0 aliphatic rings. The Bertz CT molecular complexity index is 705. The van der Waals surface area contributed by atoms with Gasteiger partial charge in [0.25, 0.3) is 5.56 Å². The fourth-order valence-electron chi connectivity index (χ4n) is 1.96. The van der Waals surface area contributed by atoms with E-state index in [9.17, 15) is 14.3 Å². The first-order chi connectivity index (χ1) is 10.8. The molecule has 1 atom stereocenters. The topological polar surface area (TPSA) is 64.4 Å². The molecule has 0 bridgehead atoms. The number of ether oxygens (including phenoxy) is 1. The molecule has 124 valence electrons. The minimum atomic E-state index is -0.902. The summed E-state index contributed by atoms with van der Waals surface area (Å²) in [4.78, 5) is 11.9. The molecule has 6 heteroatoms. The van der Waals surface area contributed by atoms with Crippen LogP contribution in [-0.2, 0) is 12.0 Å². The number of benzene rings is 1. The maximum absolute atomic E-state index is 12.8. The fraction of sp³-hybridized carbons (Fsp3) is 0.412. The smallest absolute Gasteiger partial charge is 0.266 e. The van der Waals surface area contributed by atoms with Gasteiger partial charge in [0.2, 0.25) is 0 Å². The van der Waals surface area contributed by atoms with Crippen molar-refractivity contribution in [1.82, 2.24) is 9.78 Å². The summed E-state index contributed by atoms with van der Waals surface area (Å²) in [5.74, 6) is 0.0989. The highest BCUT2D eigenvalue weighted by Gasteiger charge is 2.17. The lowest BCUT2D eigenvalue weighted by Gasteiger charge is -2.19. The van der Waals surface area contributed by atoms with Crippen molar-refractivity contribution in [2.45, 2.75) is 38.8 Å². The molecule has 1 unspecified atom stereocenters. The summed E-state index contributed by atoms with van der Waals surface area (Å²) in [6, 6.07) is 8.65. The molecule has 1 N–H and O–H groups in total. The van der Waals surface area contributed by atoms with Crippen molar-refractivity contribution >= 4 is 0 Å². The Kier molecular flexibility index (Phi) is 5.15. The second-order valence-corrected chi connectivity index (χ2v) is 6.41. The number of hydrogen-bond donors (Lipinski definition) is 1. The summed E-state index contributed by atoms with van der Waals surface area (Å²) >= 11 is 0. The molecule has 0 saturated carbocycles. The van der Waals surface area contributed by atoms with Gasteiger partial charge in [0, 0.05) is 11.5 Å². The molecule has 1 aromatic carbocycles. The number of aromatic nitrogens is 2. The van der Waals surface area contributed by atoms with Crippen LogP contribution in [0.5, 0.6) is 5.75 Å². The monoisotopic (exact) mass is 320 g/mol. The van der Waals surface area contributed by atoms with Crippen LogP contribution < -0.4 is 10.3 Å². The van der Waals surface area contributed by atoms with Gasteiger partial charge < -0.3 is 9.84 Å². The van der Waals surface area contributed by atoms with Crippen LogP contribution in [0.25, 0.3) is 0 Å². The second kappa shape index (κ2) is 6.91. The van der Waals surface area contributed by atoms with Crippen molar-refractivity contribution < 1.29 is 14.2 Å². The van der Waals surface area contributed by atoms with E-state index in [1.807, 2.05) is 20.8 Å². The first-order valence-corrected chi connectivity index (χ1v) is 7.41. The zero-order chi connectivity index (χ0) is 17.0. The molecular weight excluding hydrogens is 299 g/mol. The molecule has 0 amide bonds. The summed E-state index contributed by atoms with van der Waals surface area (Å²) in [7, 11) is 0. The Morgan fingerprint density at radius 3 is 2.48 bits per heavy atom. The zero-order valence-corrected chi connectivity index (χ0v) is 13.5. The largest absolute Gasteiger partial charge is 0.491 e. The number of nitrogens with zero attached hydrogens (tertiary/aromatic N) is 2. The van der Waals surface area contributed by atoms with E-state index in [0.717, 1.165) is 5.69 Å². The van der Waals surface area contributed by atoms with Crippen LogP contribution in [0.1, 0.15) is 26.5 Å². The van der Waals surface area contributed by atoms with Gasteiger partial charge in [-0.2, -0.15) is 5.10 Å². The van der Waals surface area contributed by atoms with Crippen molar-refractivity contribution in [3.05, 3.63) is 58.3 Å². The van der Waals surface area contributed by atoms with Crippen LogP contribution >= 0.6 is 0 Å². The number of halogens is 1. The molecule has 0 aliphatic heterocycles. The molecule has 23 heavy (non-hydrogen) atoms. The lowest BCUT2D eigenvalue weighted by Crippen LogP contribution is -2.33. The number of hydrogen-bond acceptors (Lipinski definition) is 4. The molecule has 0 radical (unpaired) electrons. The Labute approximate surface area is 134 Å². The average Bonchev–Trinajstić information content (AvgIpc) is 2.48. The second-order valence-electron chi connectivity index (χ2n) is 6.41. The predicted octanol–water partition coefficient (Wildman–Crippen LogP) is 2.12. The van der Waals surface area contributed by atoms with E-state index in [2.05, 4.69) is 5.10 Å². The van der Waals surface area contributed by atoms with Crippen molar-refractivity contribution in [2.75, 3.05) is 6.61 Å². The van der Waals surface area contributed by atoms with Crippen molar-refractivity contribution in [3.8, 4) is 5.75 Å². The van der Waals surface area contributed by atoms with Crippen LogP contribution in [0.4, 0.5) is 4.39 Å². The minimum Gasteiger partial charge on any atom is -0.491 e.